The van der Waals surface area contributed by atoms with Gasteiger partial charge in [-0.3, -0.25) is 4.98 Å². The van der Waals surface area contributed by atoms with Gasteiger partial charge in [-0.2, -0.15) is 0 Å². The molecule has 21 heavy (non-hydrogen) atoms. The van der Waals surface area contributed by atoms with Crippen LogP contribution in [0.1, 0.15) is 13.8 Å². The molecule has 0 amide bonds. The van der Waals surface area contributed by atoms with Crippen molar-refractivity contribution in [1.82, 2.24) is 4.98 Å². The molecule has 0 aliphatic rings. The van der Waals surface area contributed by atoms with Crippen LogP contribution >= 0.6 is 0 Å². The zero-order valence-corrected chi connectivity index (χ0v) is 12.7. The predicted molar refractivity (Wildman–Crippen MR) is 91.7 cm³/mol. The van der Waals surface area contributed by atoms with Crippen molar-refractivity contribution in [1.29, 1.82) is 0 Å². The van der Waals surface area contributed by atoms with Gasteiger partial charge in [0.25, 0.3) is 0 Å². The first-order valence-corrected chi connectivity index (χ1v) is 7.45. The molecule has 3 aromatic rings. The minimum Gasteiger partial charge on any atom is -0.372 e. The summed E-state index contributed by atoms with van der Waals surface area (Å²) in [6.45, 7) is 6.52. The van der Waals surface area contributed by atoms with E-state index in [-0.39, 0.29) is 0 Å². The molecule has 0 bridgehead atoms. The van der Waals surface area contributed by atoms with Crippen LogP contribution in [-0.4, -0.2) is 18.1 Å². The van der Waals surface area contributed by atoms with Gasteiger partial charge in [-0.05, 0) is 38.1 Å². The van der Waals surface area contributed by atoms with Crippen LogP contribution in [-0.2, 0) is 0 Å². The van der Waals surface area contributed by atoms with Gasteiger partial charge in [0.2, 0.25) is 0 Å². The van der Waals surface area contributed by atoms with E-state index < -0.39 is 0 Å². The summed E-state index contributed by atoms with van der Waals surface area (Å²) < 4.78 is 0. The summed E-state index contributed by atoms with van der Waals surface area (Å²) in [6.07, 6.45) is 1.81. The highest BCUT2D eigenvalue weighted by atomic mass is 15.1. The highest BCUT2D eigenvalue weighted by Gasteiger charge is 1.97. The molecule has 0 N–H and O–H groups in total. The third kappa shape index (κ3) is 4.32. The van der Waals surface area contributed by atoms with Gasteiger partial charge in [0.05, 0.1) is 5.52 Å². The first kappa shape index (κ1) is 15.0. The number of hydrogen-bond donors (Lipinski definition) is 0. The van der Waals surface area contributed by atoms with Crippen LogP contribution in [0.4, 0.5) is 5.69 Å². The van der Waals surface area contributed by atoms with Crippen molar-refractivity contribution < 1.29 is 0 Å². The standard InChI is InChI=1S/C10H15N.C9H7N/c1-3-11(4-2)10-8-6-5-7-9-10;1-2-6-9-8(4-1)5-3-7-10-9/h5-9H,3-4H2,1-2H3;1-7H. The van der Waals surface area contributed by atoms with Gasteiger partial charge < -0.3 is 4.90 Å². The van der Waals surface area contributed by atoms with Gasteiger partial charge in [0.15, 0.2) is 0 Å². The number of nitrogens with zero attached hydrogens (tertiary/aromatic N) is 2. The molecule has 1 heterocycles. The predicted octanol–water partition coefficient (Wildman–Crippen LogP) is 4.77. The minimum absolute atomic E-state index is 1.06. The normalized spacial score (nSPS) is 9.81. The molecule has 0 saturated carbocycles. The number of hydrogen-bond acceptors (Lipinski definition) is 2. The topological polar surface area (TPSA) is 16.1 Å². The fourth-order valence-electron chi connectivity index (χ4n) is 2.24. The lowest BCUT2D eigenvalue weighted by Gasteiger charge is -2.20. The summed E-state index contributed by atoms with van der Waals surface area (Å²) >= 11 is 0. The van der Waals surface area contributed by atoms with Crippen LogP contribution in [0.5, 0.6) is 0 Å². The van der Waals surface area contributed by atoms with Crippen molar-refractivity contribution in [3.8, 4) is 0 Å². The third-order valence-electron chi connectivity index (χ3n) is 3.40. The molecule has 0 fully saturated rings. The molecule has 3 rings (SSSR count). The lowest BCUT2D eigenvalue weighted by atomic mass is 10.2. The highest BCUT2D eigenvalue weighted by Crippen LogP contribution is 2.11. The molecule has 0 aliphatic heterocycles. The number of para-hydroxylation sites is 2. The van der Waals surface area contributed by atoms with Crippen molar-refractivity contribution in [3.05, 3.63) is 72.9 Å². The van der Waals surface area contributed by atoms with E-state index in [4.69, 9.17) is 0 Å². The van der Waals surface area contributed by atoms with Crippen molar-refractivity contribution in [2.75, 3.05) is 18.0 Å². The van der Waals surface area contributed by atoms with Crippen molar-refractivity contribution >= 4 is 16.6 Å². The zero-order valence-electron chi connectivity index (χ0n) is 12.7. The summed E-state index contributed by atoms with van der Waals surface area (Å²) in [7, 11) is 0. The second kappa shape index (κ2) is 8.05. The van der Waals surface area contributed by atoms with Crippen LogP contribution in [0.15, 0.2) is 72.9 Å². The summed E-state index contributed by atoms with van der Waals surface area (Å²) in [6, 6.07) is 22.6. The lowest BCUT2D eigenvalue weighted by Crippen LogP contribution is -2.21. The van der Waals surface area contributed by atoms with E-state index in [1.54, 1.807) is 0 Å². The Balaban J connectivity index is 0.000000154. The van der Waals surface area contributed by atoms with Crippen molar-refractivity contribution in [3.63, 3.8) is 0 Å². The Morgan fingerprint density at radius 2 is 1.38 bits per heavy atom. The van der Waals surface area contributed by atoms with Crippen LogP contribution < -0.4 is 4.90 Å². The first-order chi connectivity index (χ1) is 10.3. The van der Waals surface area contributed by atoms with E-state index in [1.807, 2.05) is 36.5 Å². The fourth-order valence-corrected chi connectivity index (χ4v) is 2.24. The van der Waals surface area contributed by atoms with E-state index in [0.29, 0.717) is 0 Å². The Kier molecular flexibility index (Phi) is 5.77. The van der Waals surface area contributed by atoms with Crippen LogP contribution in [0, 0.1) is 0 Å². The molecule has 0 aliphatic carbocycles. The van der Waals surface area contributed by atoms with Gasteiger partial charge in [0.1, 0.15) is 0 Å². The van der Waals surface area contributed by atoms with Gasteiger partial charge in [0, 0.05) is 30.4 Å². The minimum atomic E-state index is 1.06. The van der Waals surface area contributed by atoms with Gasteiger partial charge in [-0.25, -0.2) is 0 Å². The molecular formula is C19H22N2. The monoisotopic (exact) mass is 278 g/mol. The Labute approximate surface area is 127 Å². The summed E-state index contributed by atoms with van der Waals surface area (Å²) in [5, 5.41) is 1.20. The van der Waals surface area contributed by atoms with E-state index in [0.717, 1.165) is 18.6 Å². The number of aromatic nitrogens is 1. The summed E-state index contributed by atoms with van der Waals surface area (Å²) in [5.74, 6) is 0. The number of fused-ring (bicyclic) bond motifs is 1. The summed E-state index contributed by atoms with van der Waals surface area (Å²) in [5.41, 5.74) is 2.38. The Hall–Kier alpha value is -2.35. The van der Waals surface area contributed by atoms with Gasteiger partial charge in [-0.1, -0.05) is 42.5 Å². The van der Waals surface area contributed by atoms with Crippen LogP contribution in [0.3, 0.4) is 0 Å². The second-order valence-corrected chi connectivity index (χ2v) is 4.70. The molecule has 0 radical (unpaired) electrons. The van der Waals surface area contributed by atoms with Crippen molar-refractivity contribution in [2.24, 2.45) is 0 Å². The molecule has 1 aromatic heterocycles. The zero-order chi connectivity index (χ0) is 14.9. The Morgan fingerprint density at radius 3 is 2.05 bits per heavy atom. The molecule has 0 atom stereocenters. The molecule has 2 heteroatoms. The Morgan fingerprint density at radius 1 is 0.762 bits per heavy atom. The smallest absolute Gasteiger partial charge is 0.0701 e. The number of benzene rings is 2. The van der Waals surface area contributed by atoms with E-state index >= 15 is 0 Å². The number of anilines is 1. The van der Waals surface area contributed by atoms with E-state index in [9.17, 15) is 0 Å². The van der Waals surface area contributed by atoms with Gasteiger partial charge >= 0.3 is 0 Å². The largest absolute Gasteiger partial charge is 0.372 e. The number of pyridine rings is 1. The highest BCUT2D eigenvalue weighted by molar-refractivity contribution is 5.77. The molecule has 2 aromatic carbocycles. The molecule has 2 nitrogen and oxygen atoms in total. The average Bonchev–Trinajstić information content (AvgIpc) is 2.58. The van der Waals surface area contributed by atoms with Crippen molar-refractivity contribution in [2.45, 2.75) is 13.8 Å². The molecular weight excluding hydrogens is 256 g/mol. The molecule has 0 unspecified atom stereocenters. The van der Waals surface area contributed by atoms with Crippen LogP contribution in [0.25, 0.3) is 10.9 Å². The molecule has 108 valence electrons. The van der Waals surface area contributed by atoms with E-state index in [2.05, 4.69) is 60.1 Å². The quantitative estimate of drug-likeness (QED) is 0.686. The average molecular weight is 278 g/mol. The molecule has 0 saturated heterocycles. The fraction of sp³-hybridized carbons (Fsp3) is 0.211. The van der Waals surface area contributed by atoms with Crippen LogP contribution in [0.2, 0.25) is 0 Å². The lowest BCUT2D eigenvalue weighted by molar-refractivity contribution is 0.866. The SMILES string of the molecule is CCN(CC)c1ccccc1.c1ccc2ncccc2c1. The summed E-state index contributed by atoms with van der Waals surface area (Å²) in [4.78, 5) is 6.51. The van der Waals surface area contributed by atoms with Gasteiger partial charge in [-0.15, -0.1) is 0 Å². The third-order valence-corrected chi connectivity index (χ3v) is 3.40. The van der Waals surface area contributed by atoms with E-state index in [1.165, 1.54) is 11.1 Å². The molecule has 0 spiro atoms. The Bertz CT molecular complexity index is 580. The number of rotatable bonds is 3. The first-order valence-electron chi connectivity index (χ1n) is 7.45. The maximum atomic E-state index is 4.18. The second-order valence-electron chi connectivity index (χ2n) is 4.70. The maximum absolute atomic E-state index is 4.18. The maximum Gasteiger partial charge on any atom is 0.0701 e.